The molecule has 5 nitrogen and oxygen atoms in total. The summed E-state index contributed by atoms with van der Waals surface area (Å²) >= 11 is 0. The molecule has 0 bridgehead atoms. The lowest BCUT2D eigenvalue weighted by molar-refractivity contribution is 0.100. The highest BCUT2D eigenvalue weighted by Gasteiger charge is 2.09. The minimum Gasteiger partial charge on any atom is -0.497 e. The normalized spacial score (nSPS) is 10.1. The van der Waals surface area contributed by atoms with Crippen LogP contribution in [0.2, 0.25) is 0 Å². The molecule has 0 heterocycles. The van der Waals surface area contributed by atoms with Crippen molar-refractivity contribution in [3.05, 3.63) is 42.0 Å². The van der Waals surface area contributed by atoms with E-state index >= 15 is 0 Å². The summed E-state index contributed by atoms with van der Waals surface area (Å²) in [6.07, 6.45) is 0. The van der Waals surface area contributed by atoms with Crippen molar-refractivity contribution in [2.45, 2.75) is 0 Å². The van der Waals surface area contributed by atoms with Crippen LogP contribution in [0.4, 0.5) is 5.69 Å². The van der Waals surface area contributed by atoms with Crippen molar-refractivity contribution >= 4 is 11.6 Å². The number of carbonyl (C=O) groups is 1. The van der Waals surface area contributed by atoms with E-state index in [0.29, 0.717) is 22.7 Å². The Labute approximate surface area is 117 Å². The van der Waals surface area contributed by atoms with E-state index in [4.69, 9.17) is 20.9 Å². The molecule has 0 aromatic heterocycles. The van der Waals surface area contributed by atoms with Crippen molar-refractivity contribution in [3.63, 3.8) is 0 Å². The van der Waals surface area contributed by atoms with Crippen molar-refractivity contribution in [2.75, 3.05) is 20.0 Å². The van der Waals surface area contributed by atoms with Gasteiger partial charge in [0.05, 0.1) is 19.8 Å². The highest BCUT2D eigenvalue weighted by atomic mass is 16.5. The van der Waals surface area contributed by atoms with Gasteiger partial charge < -0.3 is 20.9 Å². The lowest BCUT2D eigenvalue weighted by atomic mass is 10.0. The first-order valence-corrected chi connectivity index (χ1v) is 5.98. The fourth-order valence-corrected chi connectivity index (χ4v) is 1.94. The SMILES string of the molecule is COc1cc(OC)cc(-c2ccc(C(N)=O)c(N)c2)c1. The summed E-state index contributed by atoms with van der Waals surface area (Å²) < 4.78 is 10.5. The molecule has 2 aromatic carbocycles. The van der Waals surface area contributed by atoms with E-state index < -0.39 is 5.91 Å². The summed E-state index contributed by atoms with van der Waals surface area (Å²) in [5.74, 6) is 0.811. The van der Waals surface area contributed by atoms with Crippen LogP contribution in [0.5, 0.6) is 11.5 Å². The average Bonchev–Trinajstić information content (AvgIpc) is 2.46. The van der Waals surface area contributed by atoms with E-state index in [0.717, 1.165) is 11.1 Å². The fourth-order valence-electron chi connectivity index (χ4n) is 1.94. The van der Waals surface area contributed by atoms with Gasteiger partial charge in [-0.1, -0.05) is 6.07 Å². The number of hydrogen-bond acceptors (Lipinski definition) is 4. The van der Waals surface area contributed by atoms with Gasteiger partial charge in [-0.25, -0.2) is 0 Å². The number of amides is 1. The van der Waals surface area contributed by atoms with Crippen molar-refractivity contribution in [2.24, 2.45) is 5.73 Å². The second-order valence-corrected chi connectivity index (χ2v) is 4.27. The average molecular weight is 272 g/mol. The van der Waals surface area contributed by atoms with Crippen molar-refractivity contribution in [3.8, 4) is 22.6 Å². The smallest absolute Gasteiger partial charge is 0.250 e. The summed E-state index contributed by atoms with van der Waals surface area (Å²) in [6.45, 7) is 0. The maximum Gasteiger partial charge on any atom is 0.250 e. The minimum absolute atomic E-state index is 0.309. The van der Waals surface area contributed by atoms with E-state index in [1.807, 2.05) is 12.1 Å². The molecule has 5 heteroatoms. The number of primary amides is 1. The fraction of sp³-hybridized carbons (Fsp3) is 0.133. The van der Waals surface area contributed by atoms with E-state index in [2.05, 4.69) is 0 Å². The van der Waals surface area contributed by atoms with Crippen LogP contribution in [0.1, 0.15) is 10.4 Å². The molecule has 0 saturated carbocycles. The highest BCUT2D eigenvalue weighted by molar-refractivity contribution is 5.98. The molecule has 0 atom stereocenters. The Morgan fingerprint density at radius 3 is 2.00 bits per heavy atom. The molecule has 0 unspecified atom stereocenters. The number of anilines is 1. The first-order chi connectivity index (χ1) is 9.55. The van der Waals surface area contributed by atoms with Crippen LogP contribution in [0.3, 0.4) is 0 Å². The Morgan fingerprint density at radius 1 is 0.950 bits per heavy atom. The van der Waals surface area contributed by atoms with Gasteiger partial charge in [-0.2, -0.15) is 0 Å². The number of rotatable bonds is 4. The molecule has 2 aromatic rings. The van der Waals surface area contributed by atoms with Crippen molar-refractivity contribution < 1.29 is 14.3 Å². The van der Waals surface area contributed by atoms with E-state index in [9.17, 15) is 4.79 Å². The number of benzene rings is 2. The van der Waals surface area contributed by atoms with E-state index in [1.54, 1.807) is 38.5 Å². The van der Waals surface area contributed by atoms with Crippen LogP contribution in [-0.4, -0.2) is 20.1 Å². The molecular formula is C15H16N2O3. The molecule has 104 valence electrons. The van der Waals surface area contributed by atoms with Gasteiger partial charge in [0.1, 0.15) is 11.5 Å². The Hall–Kier alpha value is -2.69. The third-order valence-electron chi connectivity index (χ3n) is 3.00. The molecule has 20 heavy (non-hydrogen) atoms. The second-order valence-electron chi connectivity index (χ2n) is 4.27. The molecule has 0 aliphatic carbocycles. The summed E-state index contributed by atoms with van der Waals surface area (Å²) in [6, 6.07) is 10.6. The summed E-state index contributed by atoms with van der Waals surface area (Å²) in [5, 5.41) is 0. The quantitative estimate of drug-likeness (QED) is 0.834. The van der Waals surface area contributed by atoms with Gasteiger partial charge in [0.2, 0.25) is 0 Å². The van der Waals surface area contributed by atoms with Crippen LogP contribution in [0.15, 0.2) is 36.4 Å². The summed E-state index contributed by atoms with van der Waals surface area (Å²) in [4.78, 5) is 11.2. The molecule has 0 fully saturated rings. The van der Waals surface area contributed by atoms with Crippen LogP contribution in [0, 0.1) is 0 Å². The maximum atomic E-state index is 11.2. The topological polar surface area (TPSA) is 87.6 Å². The van der Waals surface area contributed by atoms with Crippen LogP contribution in [-0.2, 0) is 0 Å². The number of carbonyl (C=O) groups excluding carboxylic acids is 1. The Morgan fingerprint density at radius 2 is 1.55 bits per heavy atom. The zero-order chi connectivity index (χ0) is 14.7. The zero-order valence-electron chi connectivity index (χ0n) is 11.3. The molecule has 4 N–H and O–H groups in total. The van der Waals surface area contributed by atoms with E-state index in [1.165, 1.54) is 0 Å². The lowest BCUT2D eigenvalue weighted by Gasteiger charge is -2.10. The first kappa shape index (κ1) is 13.7. The Balaban J connectivity index is 2.51. The predicted octanol–water partition coefficient (Wildman–Crippen LogP) is 2.05. The number of hydrogen-bond donors (Lipinski definition) is 2. The molecule has 0 spiro atoms. The summed E-state index contributed by atoms with van der Waals surface area (Å²) in [7, 11) is 3.17. The molecule has 0 saturated heterocycles. The predicted molar refractivity (Wildman–Crippen MR) is 77.9 cm³/mol. The van der Waals surface area contributed by atoms with Crippen molar-refractivity contribution in [1.82, 2.24) is 0 Å². The number of ether oxygens (including phenoxy) is 2. The summed E-state index contributed by atoms with van der Waals surface area (Å²) in [5.41, 5.74) is 13.5. The van der Waals surface area contributed by atoms with E-state index in [-0.39, 0.29) is 0 Å². The first-order valence-electron chi connectivity index (χ1n) is 5.98. The molecule has 1 amide bonds. The van der Waals surface area contributed by atoms with Gasteiger partial charge in [0.15, 0.2) is 0 Å². The number of nitrogen functional groups attached to an aromatic ring is 1. The third-order valence-corrected chi connectivity index (χ3v) is 3.00. The monoisotopic (exact) mass is 272 g/mol. The van der Waals surface area contributed by atoms with Gasteiger partial charge >= 0.3 is 0 Å². The lowest BCUT2D eigenvalue weighted by Crippen LogP contribution is -2.13. The van der Waals surface area contributed by atoms with Gasteiger partial charge in [-0.3, -0.25) is 4.79 Å². The number of methoxy groups -OCH3 is 2. The van der Waals surface area contributed by atoms with Crippen LogP contribution < -0.4 is 20.9 Å². The van der Waals surface area contributed by atoms with Gasteiger partial charge in [0.25, 0.3) is 5.91 Å². The van der Waals surface area contributed by atoms with Crippen LogP contribution >= 0.6 is 0 Å². The van der Waals surface area contributed by atoms with Gasteiger partial charge in [0, 0.05) is 11.8 Å². The van der Waals surface area contributed by atoms with Gasteiger partial charge in [-0.05, 0) is 35.4 Å². The van der Waals surface area contributed by atoms with Crippen molar-refractivity contribution in [1.29, 1.82) is 0 Å². The maximum absolute atomic E-state index is 11.2. The molecule has 0 aliphatic rings. The highest BCUT2D eigenvalue weighted by Crippen LogP contribution is 2.31. The zero-order valence-corrected chi connectivity index (χ0v) is 11.3. The largest absolute Gasteiger partial charge is 0.497 e. The molecule has 0 radical (unpaired) electrons. The standard InChI is InChI=1S/C15H16N2O3/c1-19-11-5-10(6-12(8-11)20-2)9-3-4-13(15(17)18)14(16)7-9/h3-8H,16H2,1-2H3,(H2,17,18). The number of nitrogens with two attached hydrogens (primary N) is 2. The Bertz CT molecular complexity index is 631. The molecule has 0 aliphatic heterocycles. The Kier molecular flexibility index (Phi) is 3.79. The van der Waals surface area contributed by atoms with Gasteiger partial charge in [-0.15, -0.1) is 0 Å². The molecule has 2 rings (SSSR count). The van der Waals surface area contributed by atoms with Crippen LogP contribution in [0.25, 0.3) is 11.1 Å². The second kappa shape index (κ2) is 5.52. The minimum atomic E-state index is -0.544. The third kappa shape index (κ3) is 2.66. The molecular weight excluding hydrogens is 256 g/mol.